The van der Waals surface area contributed by atoms with Gasteiger partial charge in [0.05, 0.1) is 0 Å². The van der Waals surface area contributed by atoms with Gasteiger partial charge in [0.15, 0.2) is 0 Å². The Bertz CT molecular complexity index is 11.6. The maximum Gasteiger partial charge on any atom is 0 e. The molecule has 0 saturated carbocycles. The van der Waals surface area contributed by atoms with Crippen molar-refractivity contribution in [2.24, 2.45) is 0 Å². The molecule has 25 valence electrons. The number of hydrogen-bond donors (Lipinski definition) is 0. The van der Waals surface area contributed by atoms with Crippen LogP contribution < -0.4 is 0 Å². The largest absolute Gasteiger partial charge is 0 e. The van der Waals surface area contributed by atoms with Gasteiger partial charge in [-0.05, 0) is 0 Å². The molecule has 0 rings (SSSR count). The van der Waals surface area contributed by atoms with Crippen molar-refractivity contribution in [1.29, 1.82) is 0 Å². The Hall–Kier alpha value is 4.75. The molecule has 0 aliphatic rings. The molecule has 0 N–H and O–H groups in total. The average molecular weight is 383 g/mol. The third kappa shape index (κ3) is 17.7. The fourth-order valence-corrected chi connectivity index (χ4v) is 0. The Balaban J connectivity index is 0. The van der Waals surface area contributed by atoms with Gasteiger partial charge in [-0.2, -0.15) is 0 Å². The summed E-state index contributed by atoms with van der Waals surface area (Å²) in [7, 11) is 0. The second kappa shape index (κ2) is 23.3. The van der Waals surface area contributed by atoms with E-state index >= 15 is 0 Å². The summed E-state index contributed by atoms with van der Waals surface area (Å²) >= 11 is 0. The average Bonchev–Trinajstić information content (AvgIpc) is 0. The van der Waals surface area contributed by atoms with Crippen molar-refractivity contribution in [3.63, 3.8) is 0 Å². The summed E-state index contributed by atoms with van der Waals surface area (Å²) in [5.74, 6) is 0. The molecule has 0 unspecified atom stereocenters. The van der Waals surface area contributed by atoms with E-state index in [0.29, 0.717) is 0 Å². The summed E-state index contributed by atoms with van der Waals surface area (Å²) in [5, 5.41) is 0. The third-order valence-electron chi connectivity index (χ3n) is 0. The first-order valence-corrected chi connectivity index (χ1v) is 0. The summed E-state index contributed by atoms with van der Waals surface area (Å²) in [6, 6.07) is 0. The van der Waals surface area contributed by atoms with Crippen molar-refractivity contribution in [1.82, 2.24) is 0 Å². The Morgan fingerprint density at radius 1 is 1.00 bits per heavy atom. The second-order valence-electron chi connectivity index (χ2n) is 0. The van der Waals surface area contributed by atoms with Crippen LogP contribution in [-0.4, -0.2) is 51.4 Å². The van der Waals surface area contributed by atoms with Crippen molar-refractivity contribution in [3.05, 3.63) is 0 Å². The van der Waals surface area contributed by atoms with Gasteiger partial charge < -0.3 is 0 Å². The SMILES string of the molecule is [Ce].[Cr].[Fe].[K].[Mo]. The minimum absolute atomic E-state index is 0. The molecule has 1 radical (unpaired) electrons. The van der Waals surface area contributed by atoms with Crippen LogP contribution in [0.15, 0.2) is 0 Å². The molecular formula is CeCrFeKMo. The van der Waals surface area contributed by atoms with E-state index in [9.17, 15) is 0 Å². The summed E-state index contributed by atoms with van der Waals surface area (Å²) in [5.41, 5.74) is 0. The molecule has 0 nitrogen and oxygen atoms in total. The zero-order valence-corrected chi connectivity index (χ0v) is 13.3. The van der Waals surface area contributed by atoms with Gasteiger partial charge in [-0.1, -0.05) is 0 Å². The molecule has 0 amide bonds. The Morgan fingerprint density at radius 3 is 1.00 bits per heavy atom. The molecule has 0 aliphatic heterocycles. The van der Waals surface area contributed by atoms with Crippen molar-refractivity contribution in [2.45, 2.75) is 0 Å². The van der Waals surface area contributed by atoms with Crippen molar-refractivity contribution < 1.29 is 97.2 Å². The molecule has 0 heterocycles. The van der Waals surface area contributed by atoms with Gasteiger partial charge in [-0.25, -0.2) is 0 Å². The molecule has 5 heavy (non-hydrogen) atoms. The topological polar surface area (TPSA) is 0 Å². The summed E-state index contributed by atoms with van der Waals surface area (Å²) in [4.78, 5) is 0. The van der Waals surface area contributed by atoms with Crippen molar-refractivity contribution in [2.75, 3.05) is 0 Å². The van der Waals surface area contributed by atoms with Gasteiger partial charge >= 0.3 is 0 Å². The third-order valence-corrected chi connectivity index (χ3v) is 0. The second-order valence-corrected chi connectivity index (χ2v) is 0. The van der Waals surface area contributed by atoms with Crippen molar-refractivity contribution >= 4 is 51.4 Å². The van der Waals surface area contributed by atoms with Gasteiger partial charge in [0.2, 0.25) is 0 Å². The van der Waals surface area contributed by atoms with E-state index in [1.54, 1.807) is 0 Å². The molecule has 0 atom stereocenters. The fourth-order valence-electron chi connectivity index (χ4n) is 0. The van der Waals surface area contributed by atoms with Crippen LogP contribution in [-0.2, 0) is 55.5 Å². The van der Waals surface area contributed by atoms with Crippen molar-refractivity contribution in [3.8, 4) is 0 Å². The first-order chi connectivity index (χ1) is 0. The fraction of sp³-hybridized carbons (Fsp3) is 0. The quantitative estimate of drug-likeness (QED) is 0.501. The van der Waals surface area contributed by atoms with Gasteiger partial charge in [-0.15, -0.1) is 0 Å². The maximum atomic E-state index is 0. The molecule has 0 aliphatic carbocycles. The summed E-state index contributed by atoms with van der Waals surface area (Å²) in [6.45, 7) is 0. The molecule has 0 bridgehead atoms. The predicted molar refractivity (Wildman–Crippen MR) is 5.75 cm³/mol. The minimum atomic E-state index is 0. The van der Waals surface area contributed by atoms with Gasteiger partial charge in [0.25, 0.3) is 0 Å². The molecule has 5 heteroatoms. The van der Waals surface area contributed by atoms with E-state index in [1.807, 2.05) is 0 Å². The zero-order valence-electron chi connectivity index (χ0n) is 2.67. The predicted octanol–water partition coefficient (Wildman–Crippen LogP) is -0.388. The van der Waals surface area contributed by atoms with Crippen LogP contribution >= 0.6 is 0 Å². The van der Waals surface area contributed by atoms with Crippen LogP contribution in [0.1, 0.15) is 0 Å². The molecule has 0 spiro atoms. The smallest absolute Gasteiger partial charge is 0 e. The number of hydrogen-bond acceptors (Lipinski definition) is 0. The van der Waals surface area contributed by atoms with E-state index in [1.165, 1.54) is 0 Å². The maximum absolute atomic E-state index is 0. The number of rotatable bonds is 0. The van der Waals surface area contributed by atoms with Crippen LogP contribution in [0.4, 0.5) is 0 Å². The van der Waals surface area contributed by atoms with E-state index in [4.69, 9.17) is 0 Å². The van der Waals surface area contributed by atoms with Crippen LogP contribution in [0.2, 0.25) is 0 Å². The van der Waals surface area contributed by atoms with E-state index in [-0.39, 0.29) is 149 Å². The zero-order chi connectivity index (χ0) is 0. The van der Waals surface area contributed by atoms with Crippen LogP contribution in [0.3, 0.4) is 0 Å². The van der Waals surface area contributed by atoms with E-state index < -0.39 is 0 Å². The van der Waals surface area contributed by atoms with Crippen LogP contribution in [0.25, 0.3) is 0 Å². The summed E-state index contributed by atoms with van der Waals surface area (Å²) < 4.78 is 0. The Labute approximate surface area is 144 Å². The normalized spacial score (nSPS) is 0. The van der Waals surface area contributed by atoms with E-state index in [2.05, 4.69) is 0 Å². The van der Waals surface area contributed by atoms with Gasteiger partial charge in [-0.3, -0.25) is 0 Å². The molecular weight excluding hydrogens is 383 g/mol. The first-order valence-electron chi connectivity index (χ1n) is 0. The molecule has 0 aromatic heterocycles. The molecule has 0 saturated heterocycles. The van der Waals surface area contributed by atoms with Gasteiger partial charge in [0.1, 0.15) is 0 Å². The molecule has 0 aromatic rings. The Kier molecular flexibility index (Phi) is 154. The van der Waals surface area contributed by atoms with E-state index in [0.717, 1.165) is 0 Å². The van der Waals surface area contributed by atoms with Crippen LogP contribution in [0.5, 0.6) is 0 Å². The Morgan fingerprint density at radius 2 is 1.00 bits per heavy atom. The standard InChI is InChI=1S/Ce.Cr.Fe.K.Mo. The monoisotopic (exact) mass is 385 g/mol. The molecule has 0 aromatic carbocycles. The van der Waals surface area contributed by atoms with Crippen LogP contribution in [0, 0.1) is 41.7 Å². The minimum Gasteiger partial charge on any atom is 0 e. The first kappa shape index (κ1) is 33.1. The van der Waals surface area contributed by atoms with Gasteiger partial charge in [0, 0.05) is 149 Å². The summed E-state index contributed by atoms with van der Waals surface area (Å²) in [6.07, 6.45) is 0. The molecule has 0 fully saturated rings.